The molecule has 0 aliphatic rings. The Morgan fingerprint density at radius 3 is 2.71 bits per heavy atom. The number of thiazole rings is 1. The van der Waals surface area contributed by atoms with Crippen LogP contribution in [0.25, 0.3) is 16.6 Å². The fourth-order valence-corrected chi connectivity index (χ4v) is 2.35. The number of carboxylic acids is 1. The third-order valence-electron chi connectivity index (χ3n) is 2.68. The van der Waals surface area contributed by atoms with Gasteiger partial charge < -0.3 is 10.4 Å². The summed E-state index contributed by atoms with van der Waals surface area (Å²) in [7, 11) is 0. The monoisotopic (exact) mass is 302 g/mol. The highest BCUT2D eigenvalue weighted by Crippen LogP contribution is 2.23. The molecule has 0 aliphatic heterocycles. The molecule has 2 rings (SSSR count). The maximum Gasteiger partial charge on any atom is 0.325 e. The molecule has 0 fully saturated rings. The van der Waals surface area contributed by atoms with Gasteiger partial charge in [0.05, 0.1) is 5.69 Å². The summed E-state index contributed by atoms with van der Waals surface area (Å²) < 4.78 is 0. The molecule has 0 saturated heterocycles. The molecule has 21 heavy (non-hydrogen) atoms. The average Bonchev–Trinajstić information content (AvgIpc) is 2.95. The Balaban J connectivity index is 2.01. The van der Waals surface area contributed by atoms with Crippen LogP contribution in [-0.4, -0.2) is 28.0 Å². The summed E-state index contributed by atoms with van der Waals surface area (Å²) in [5.41, 5.74) is 1.68. The highest BCUT2D eigenvalue weighted by atomic mass is 32.1. The standard InChI is InChI=1S/C15H14N2O3S/c1-10(15(19)20)16-13(18)8-7-12-9-21-14(17-12)11-5-3-2-4-6-11/h2-10H,1H3,(H,16,18)(H,19,20)/b8-7+/t10-/m0/s1. The van der Waals surface area contributed by atoms with Gasteiger partial charge in [-0.2, -0.15) is 0 Å². The maximum absolute atomic E-state index is 11.5. The van der Waals surface area contributed by atoms with E-state index in [2.05, 4.69) is 10.3 Å². The molecule has 1 atom stereocenters. The molecule has 0 aliphatic carbocycles. The second kappa shape index (κ2) is 6.81. The Labute approximate surface area is 126 Å². The molecular formula is C15H14N2O3S. The minimum absolute atomic E-state index is 0.459. The second-order valence-corrected chi connectivity index (χ2v) is 5.20. The van der Waals surface area contributed by atoms with Crippen molar-refractivity contribution in [2.45, 2.75) is 13.0 Å². The number of nitrogens with one attached hydrogen (secondary N) is 1. The lowest BCUT2D eigenvalue weighted by atomic mass is 10.2. The number of carboxylic acid groups (broad SMARTS) is 1. The van der Waals surface area contributed by atoms with Crippen LogP contribution in [0.5, 0.6) is 0 Å². The van der Waals surface area contributed by atoms with Gasteiger partial charge in [-0.3, -0.25) is 9.59 Å². The van der Waals surface area contributed by atoms with Crippen molar-refractivity contribution >= 4 is 29.3 Å². The van der Waals surface area contributed by atoms with E-state index < -0.39 is 17.9 Å². The van der Waals surface area contributed by atoms with Gasteiger partial charge in [0.15, 0.2) is 0 Å². The summed E-state index contributed by atoms with van der Waals surface area (Å²) in [6.07, 6.45) is 2.84. The van der Waals surface area contributed by atoms with Crippen molar-refractivity contribution in [3.8, 4) is 10.6 Å². The third-order valence-corrected chi connectivity index (χ3v) is 3.59. The van der Waals surface area contributed by atoms with Gasteiger partial charge in [0.25, 0.3) is 0 Å². The highest BCUT2D eigenvalue weighted by Gasteiger charge is 2.11. The van der Waals surface area contributed by atoms with Gasteiger partial charge in [0, 0.05) is 17.0 Å². The highest BCUT2D eigenvalue weighted by molar-refractivity contribution is 7.13. The van der Waals surface area contributed by atoms with Crippen molar-refractivity contribution < 1.29 is 14.7 Å². The summed E-state index contributed by atoms with van der Waals surface area (Å²) in [5, 5.41) is 13.7. The minimum Gasteiger partial charge on any atom is -0.480 e. The number of hydrogen-bond donors (Lipinski definition) is 2. The van der Waals surface area contributed by atoms with Crippen LogP contribution < -0.4 is 5.32 Å². The molecule has 1 aromatic heterocycles. The quantitative estimate of drug-likeness (QED) is 0.831. The van der Waals surface area contributed by atoms with E-state index in [4.69, 9.17) is 5.11 Å². The second-order valence-electron chi connectivity index (χ2n) is 4.35. The summed E-state index contributed by atoms with van der Waals surface area (Å²) in [6, 6.07) is 8.82. The number of aliphatic carboxylic acids is 1. The van der Waals surface area contributed by atoms with E-state index in [1.54, 1.807) is 6.08 Å². The zero-order valence-corrected chi connectivity index (χ0v) is 12.1. The zero-order chi connectivity index (χ0) is 15.2. The van der Waals surface area contributed by atoms with Crippen LogP contribution in [0.1, 0.15) is 12.6 Å². The molecule has 0 radical (unpaired) electrons. The average molecular weight is 302 g/mol. The molecule has 0 spiro atoms. The first-order valence-corrected chi connectivity index (χ1v) is 7.16. The number of rotatable bonds is 5. The first kappa shape index (κ1) is 14.9. The predicted molar refractivity (Wildman–Crippen MR) is 81.8 cm³/mol. The van der Waals surface area contributed by atoms with Gasteiger partial charge in [-0.05, 0) is 13.0 Å². The Morgan fingerprint density at radius 1 is 1.33 bits per heavy atom. The number of nitrogens with zero attached hydrogens (tertiary/aromatic N) is 1. The van der Waals surface area contributed by atoms with Crippen LogP contribution >= 0.6 is 11.3 Å². The van der Waals surface area contributed by atoms with Crippen molar-refractivity contribution in [1.29, 1.82) is 0 Å². The van der Waals surface area contributed by atoms with Gasteiger partial charge in [-0.1, -0.05) is 30.3 Å². The fraction of sp³-hybridized carbons (Fsp3) is 0.133. The molecule has 1 aromatic carbocycles. The number of hydrogen-bond acceptors (Lipinski definition) is 4. The first-order valence-electron chi connectivity index (χ1n) is 6.28. The molecule has 6 heteroatoms. The Hall–Kier alpha value is -2.47. The number of carbonyl (C=O) groups is 2. The fourth-order valence-electron chi connectivity index (χ4n) is 1.56. The van der Waals surface area contributed by atoms with Gasteiger partial charge >= 0.3 is 5.97 Å². The summed E-state index contributed by atoms with van der Waals surface area (Å²) >= 11 is 1.48. The van der Waals surface area contributed by atoms with Crippen molar-refractivity contribution in [2.24, 2.45) is 0 Å². The van der Waals surface area contributed by atoms with E-state index in [9.17, 15) is 9.59 Å². The van der Waals surface area contributed by atoms with Crippen LogP contribution in [-0.2, 0) is 9.59 Å². The smallest absolute Gasteiger partial charge is 0.325 e. The van der Waals surface area contributed by atoms with Gasteiger partial charge in [0.2, 0.25) is 5.91 Å². The first-order chi connectivity index (χ1) is 10.1. The Kier molecular flexibility index (Phi) is 4.84. The topological polar surface area (TPSA) is 79.3 Å². The van der Waals surface area contributed by atoms with E-state index >= 15 is 0 Å². The molecule has 2 N–H and O–H groups in total. The zero-order valence-electron chi connectivity index (χ0n) is 11.3. The number of benzene rings is 1. The van der Waals surface area contributed by atoms with Crippen LogP contribution in [0.15, 0.2) is 41.8 Å². The number of amides is 1. The maximum atomic E-state index is 11.5. The number of aromatic nitrogens is 1. The van der Waals surface area contributed by atoms with Crippen molar-refractivity contribution in [2.75, 3.05) is 0 Å². The van der Waals surface area contributed by atoms with Crippen LogP contribution in [0.3, 0.4) is 0 Å². The molecule has 1 amide bonds. The largest absolute Gasteiger partial charge is 0.480 e. The normalized spacial score (nSPS) is 12.2. The van der Waals surface area contributed by atoms with E-state index in [1.165, 1.54) is 24.3 Å². The van der Waals surface area contributed by atoms with E-state index in [-0.39, 0.29) is 0 Å². The molecule has 0 unspecified atom stereocenters. The van der Waals surface area contributed by atoms with Crippen LogP contribution in [0.2, 0.25) is 0 Å². The third kappa shape index (κ3) is 4.25. The van der Waals surface area contributed by atoms with Crippen molar-refractivity contribution in [1.82, 2.24) is 10.3 Å². The van der Waals surface area contributed by atoms with Crippen LogP contribution in [0, 0.1) is 0 Å². The summed E-state index contributed by atoms with van der Waals surface area (Å²) in [4.78, 5) is 26.5. The molecule has 108 valence electrons. The summed E-state index contributed by atoms with van der Waals surface area (Å²) in [5.74, 6) is -1.53. The van der Waals surface area contributed by atoms with Crippen molar-refractivity contribution in [3.63, 3.8) is 0 Å². The van der Waals surface area contributed by atoms with Crippen LogP contribution in [0.4, 0.5) is 0 Å². The minimum atomic E-state index is -1.07. The van der Waals surface area contributed by atoms with Gasteiger partial charge in [-0.25, -0.2) is 4.98 Å². The lowest BCUT2D eigenvalue weighted by molar-refractivity contribution is -0.140. The van der Waals surface area contributed by atoms with E-state index in [0.717, 1.165) is 10.6 Å². The van der Waals surface area contributed by atoms with E-state index in [1.807, 2.05) is 35.7 Å². The molecule has 0 bridgehead atoms. The molecule has 1 heterocycles. The van der Waals surface area contributed by atoms with Gasteiger partial charge in [-0.15, -0.1) is 11.3 Å². The lowest BCUT2D eigenvalue weighted by Gasteiger charge is -2.05. The molecule has 2 aromatic rings. The van der Waals surface area contributed by atoms with E-state index in [0.29, 0.717) is 5.69 Å². The lowest BCUT2D eigenvalue weighted by Crippen LogP contribution is -2.37. The van der Waals surface area contributed by atoms with Gasteiger partial charge in [0.1, 0.15) is 11.0 Å². The Bertz CT molecular complexity index is 665. The Morgan fingerprint density at radius 2 is 2.05 bits per heavy atom. The summed E-state index contributed by atoms with van der Waals surface area (Å²) in [6.45, 7) is 1.41. The van der Waals surface area contributed by atoms with Crippen molar-refractivity contribution in [3.05, 3.63) is 47.5 Å². The molecule has 0 saturated carbocycles. The predicted octanol–water partition coefficient (Wildman–Crippen LogP) is 2.41. The molecular weight excluding hydrogens is 288 g/mol. The number of carbonyl (C=O) groups excluding carboxylic acids is 1. The SMILES string of the molecule is C[C@H](NC(=O)/C=C/c1csc(-c2ccccc2)n1)C(=O)O. The molecule has 5 nitrogen and oxygen atoms in total.